The number of furan rings is 1. The fourth-order valence-electron chi connectivity index (χ4n) is 6.03. The Bertz CT molecular complexity index is 2470. The topological polar surface area (TPSA) is 51.8 Å². The van der Waals surface area contributed by atoms with Crippen molar-refractivity contribution in [1.82, 2.24) is 15.0 Å². The van der Waals surface area contributed by atoms with Gasteiger partial charge in [-0.15, -0.1) is 16.4 Å². The quantitative estimate of drug-likeness (QED) is 0.280. The Kier molecular flexibility index (Phi) is 7.41. The Morgan fingerprint density at radius 3 is 1.44 bits per heavy atom. The van der Waals surface area contributed by atoms with E-state index in [0.29, 0.717) is 34.2 Å². The van der Waals surface area contributed by atoms with Crippen LogP contribution in [0.25, 0.3) is 78.4 Å². The molecule has 0 N–H and O–H groups in total. The number of fused-ring (bicyclic) bond motifs is 3. The summed E-state index contributed by atoms with van der Waals surface area (Å²) in [7, 11) is 31.0. The van der Waals surface area contributed by atoms with Crippen LogP contribution in [0.2, 0.25) is 0 Å². The van der Waals surface area contributed by atoms with E-state index in [-0.39, 0.29) is 27.3 Å². The highest BCUT2D eigenvalue weighted by Crippen LogP contribution is 2.34. The van der Waals surface area contributed by atoms with Crippen LogP contribution in [0.1, 0.15) is 0 Å². The van der Waals surface area contributed by atoms with E-state index < -0.39 is 0 Å². The molecule has 6 aromatic carbocycles. The second kappa shape index (κ2) is 11.9. The average Bonchev–Trinajstić information content (AvgIpc) is 3.51. The van der Waals surface area contributed by atoms with Crippen LogP contribution >= 0.6 is 0 Å². The average molecular weight is 601 g/mol. The van der Waals surface area contributed by atoms with Crippen LogP contribution in [-0.2, 0) is 0 Å². The zero-order chi connectivity index (χ0) is 32.9. The number of hydrogen-bond donors (Lipinski definition) is 0. The van der Waals surface area contributed by atoms with Gasteiger partial charge >= 0.3 is 0 Å². The fourth-order valence-corrected chi connectivity index (χ4v) is 6.03. The molecule has 2 heterocycles. The van der Waals surface area contributed by atoms with Crippen molar-refractivity contribution in [2.45, 2.75) is 0 Å². The third-order valence-electron chi connectivity index (χ3n) is 8.64. The van der Waals surface area contributed by atoms with E-state index in [4.69, 9.17) is 58.6 Å². The lowest BCUT2D eigenvalue weighted by molar-refractivity contribution is 0.669. The van der Waals surface area contributed by atoms with E-state index in [2.05, 4.69) is 24.3 Å². The number of aromatic nitrogens is 3. The molecule has 0 fully saturated rings. The second-order valence-corrected chi connectivity index (χ2v) is 11.6. The predicted octanol–water partition coefficient (Wildman–Crippen LogP) is 4.08. The molecule has 4 nitrogen and oxygen atoms in total. The molecule has 9 heteroatoms. The maximum absolute atomic E-state index is 6.36. The van der Waals surface area contributed by atoms with Gasteiger partial charge in [0.25, 0.3) is 0 Å². The minimum absolute atomic E-state index is 0.178. The highest BCUT2D eigenvalue weighted by atomic mass is 16.3. The van der Waals surface area contributed by atoms with Gasteiger partial charge in [-0.3, -0.25) is 0 Å². The highest BCUT2D eigenvalue weighted by molar-refractivity contribution is 6.68. The molecule has 0 aliphatic rings. The van der Waals surface area contributed by atoms with E-state index in [1.54, 1.807) is 0 Å². The van der Waals surface area contributed by atoms with Crippen molar-refractivity contribution in [3.8, 4) is 56.4 Å². The van der Waals surface area contributed by atoms with Crippen molar-refractivity contribution in [2.24, 2.45) is 0 Å². The molecule has 212 valence electrons. The Labute approximate surface area is 284 Å². The fraction of sp³-hybridized carbons (Fsp3) is 0. The molecule has 0 unspecified atom stereocenters. The second-order valence-electron chi connectivity index (χ2n) is 11.6. The van der Waals surface area contributed by atoms with Gasteiger partial charge in [-0.2, -0.15) is 0 Å². The molecule has 48 heavy (non-hydrogen) atoms. The minimum atomic E-state index is 0.178. The zero-order valence-electron chi connectivity index (χ0n) is 25.7. The molecule has 0 saturated heterocycles. The van der Waals surface area contributed by atoms with Gasteiger partial charge < -0.3 is 4.42 Å². The van der Waals surface area contributed by atoms with Gasteiger partial charge in [-0.1, -0.05) is 108 Å². The molecule has 0 bridgehead atoms. The largest absolute Gasteiger partial charge is 0.456 e. The lowest BCUT2D eigenvalue weighted by Gasteiger charge is -2.21. The van der Waals surface area contributed by atoms with Crippen LogP contribution in [0.4, 0.5) is 0 Å². The summed E-state index contributed by atoms with van der Waals surface area (Å²) in [4.78, 5) is 14.7. The number of rotatable bonds is 5. The molecule has 0 atom stereocenters. The highest BCUT2D eigenvalue weighted by Gasteiger charge is 2.17. The maximum Gasteiger partial charge on any atom is 0.164 e. The Morgan fingerprint density at radius 2 is 0.812 bits per heavy atom. The standard InChI is InChI=1S/C39H20B5N3O/c40-32-31(33(41)35(43)36(44)34(32)42)25-16-18-29-28(19-25)27-17-15-26(20-30(27)48-29)39-46-37(23-9-5-2-6-10-23)45-38(47-39)24-13-11-22(12-14-24)21-7-3-1-4-8-21/h1-20H. The van der Waals surface area contributed by atoms with Crippen molar-refractivity contribution in [3.05, 3.63) is 121 Å². The summed E-state index contributed by atoms with van der Waals surface area (Å²) in [5, 5.41) is 1.78. The molecule has 0 amide bonds. The molecule has 10 radical (unpaired) electrons. The summed E-state index contributed by atoms with van der Waals surface area (Å²) in [6.45, 7) is 0. The van der Waals surface area contributed by atoms with Crippen LogP contribution in [0.3, 0.4) is 0 Å². The first-order valence-electron chi connectivity index (χ1n) is 15.3. The first kappa shape index (κ1) is 29.8. The van der Waals surface area contributed by atoms with Gasteiger partial charge in [-0.25, -0.2) is 15.0 Å². The van der Waals surface area contributed by atoms with Crippen molar-refractivity contribution in [2.75, 3.05) is 0 Å². The predicted molar refractivity (Wildman–Crippen MR) is 201 cm³/mol. The first-order valence-corrected chi connectivity index (χ1v) is 15.3. The van der Waals surface area contributed by atoms with Crippen molar-refractivity contribution < 1.29 is 4.42 Å². The Balaban J connectivity index is 1.23. The summed E-state index contributed by atoms with van der Waals surface area (Å²) in [6.07, 6.45) is 0. The SMILES string of the molecule is [B]c1c([B])c([B])c(-c2ccc3oc4cc(-c5nc(-c6ccccc6)nc(-c6ccc(-c7ccccc7)cc6)n5)ccc4c3c2)c([B])c1[B]. The van der Waals surface area contributed by atoms with Crippen LogP contribution in [0, 0.1) is 0 Å². The van der Waals surface area contributed by atoms with Gasteiger partial charge in [0.1, 0.15) is 50.4 Å². The summed E-state index contributed by atoms with van der Waals surface area (Å²) in [5.41, 5.74) is 8.62. The molecule has 0 aliphatic carbocycles. The van der Waals surface area contributed by atoms with Gasteiger partial charge in [0.15, 0.2) is 17.5 Å². The molecular formula is C39H20B5N3O. The van der Waals surface area contributed by atoms with Crippen LogP contribution in [0.15, 0.2) is 126 Å². The van der Waals surface area contributed by atoms with Gasteiger partial charge in [-0.05, 0) is 46.5 Å². The maximum atomic E-state index is 6.36. The van der Waals surface area contributed by atoms with E-state index in [0.717, 1.165) is 44.2 Å². The summed E-state index contributed by atoms with van der Waals surface area (Å²) >= 11 is 0. The van der Waals surface area contributed by atoms with Crippen molar-refractivity contribution in [1.29, 1.82) is 0 Å². The normalized spacial score (nSPS) is 11.3. The third kappa shape index (κ3) is 5.16. The van der Waals surface area contributed by atoms with Crippen molar-refractivity contribution in [3.63, 3.8) is 0 Å². The smallest absolute Gasteiger partial charge is 0.164 e. The monoisotopic (exact) mass is 601 g/mol. The lowest BCUT2D eigenvalue weighted by atomic mass is 9.59. The van der Waals surface area contributed by atoms with Gasteiger partial charge in [0, 0.05) is 27.5 Å². The lowest BCUT2D eigenvalue weighted by Crippen LogP contribution is -2.55. The molecule has 8 aromatic rings. The number of benzene rings is 6. The third-order valence-corrected chi connectivity index (χ3v) is 8.64. The van der Waals surface area contributed by atoms with Crippen LogP contribution in [0.5, 0.6) is 0 Å². The Morgan fingerprint density at radius 1 is 0.354 bits per heavy atom. The number of hydrogen-bond acceptors (Lipinski definition) is 4. The summed E-state index contributed by atoms with van der Waals surface area (Å²) < 4.78 is 6.31. The van der Waals surface area contributed by atoms with E-state index >= 15 is 0 Å². The van der Waals surface area contributed by atoms with Gasteiger partial charge in [0.05, 0.1) is 0 Å². The number of nitrogens with zero attached hydrogens (tertiary/aromatic N) is 3. The van der Waals surface area contributed by atoms with E-state index in [1.165, 1.54) is 0 Å². The molecular weight excluding hydrogens is 581 g/mol. The Hall–Kier alpha value is -5.55. The zero-order valence-corrected chi connectivity index (χ0v) is 25.7. The summed E-state index contributed by atoms with van der Waals surface area (Å²) in [6, 6.07) is 40.0. The van der Waals surface area contributed by atoms with Crippen LogP contribution in [-0.4, -0.2) is 54.2 Å². The first-order chi connectivity index (χ1) is 23.4. The minimum Gasteiger partial charge on any atom is -0.456 e. The molecule has 2 aromatic heterocycles. The van der Waals surface area contributed by atoms with E-state index in [9.17, 15) is 0 Å². The molecule has 0 saturated carbocycles. The van der Waals surface area contributed by atoms with E-state index in [1.807, 2.05) is 97.1 Å². The van der Waals surface area contributed by atoms with Crippen molar-refractivity contribution >= 4 is 88.5 Å². The molecule has 0 aliphatic heterocycles. The van der Waals surface area contributed by atoms with Crippen LogP contribution < -0.4 is 27.3 Å². The molecule has 0 spiro atoms. The summed E-state index contributed by atoms with van der Waals surface area (Å²) in [5.74, 6) is 1.68. The van der Waals surface area contributed by atoms with Gasteiger partial charge in [0.2, 0.25) is 0 Å². The molecule has 8 rings (SSSR count).